The summed E-state index contributed by atoms with van der Waals surface area (Å²) >= 11 is 0. The molecule has 4 heteroatoms. The van der Waals surface area contributed by atoms with E-state index in [9.17, 15) is 4.39 Å². The molecule has 0 N–H and O–H groups in total. The fourth-order valence-electron chi connectivity index (χ4n) is 1.59. The minimum atomic E-state index is -0.451. The number of pyridine rings is 2. The van der Waals surface area contributed by atoms with E-state index in [1.807, 2.05) is 26.0 Å². The molecule has 0 radical (unpaired) electrons. The number of nitrogens with zero attached hydrogens (tertiary/aromatic N) is 3. The third-order valence-electron chi connectivity index (χ3n) is 2.61. The lowest BCUT2D eigenvalue weighted by Crippen LogP contribution is -1.96. The van der Waals surface area contributed by atoms with Crippen molar-refractivity contribution in [3.05, 3.63) is 47.7 Å². The Kier molecular flexibility index (Phi) is 3.33. The molecule has 2 rings (SSSR count). The van der Waals surface area contributed by atoms with Gasteiger partial charge in [-0.25, -0.2) is 9.37 Å². The first-order valence-electron chi connectivity index (χ1n) is 5.65. The quantitative estimate of drug-likeness (QED) is 0.810. The minimum absolute atomic E-state index is 0.164. The van der Waals surface area contributed by atoms with E-state index in [4.69, 9.17) is 5.26 Å². The van der Waals surface area contributed by atoms with Gasteiger partial charge in [0.1, 0.15) is 23.3 Å². The molecule has 2 aromatic rings. The molecule has 2 aromatic heterocycles. The zero-order valence-electron chi connectivity index (χ0n) is 10.2. The van der Waals surface area contributed by atoms with Crippen molar-refractivity contribution in [3.63, 3.8) is 0 Å². The molecule has 0 aliphatic rings. The Morgan fingerprint density at radius 1 is 1.22 bits per heavy atom. The number of rotatable bonds is 2. The van der Waals surface area contributed by atoms with Gasteiger partial charge in [-0.05, 0) is 30.2 Å². The Bertz CT molecular complexity index is 597. The summed E-state index contributed by atoms with van der Waals surface area (Å²) in [7, 11) is 0. The molecule has 0 saturated heterocycles. The van der Waals surface area contributed by atoms with Crippen LogP contribution < -0.4 is 0 Å². The van der Waals surface area contributed by atoms with Gasteiger partial charge in [0.15, 0.2) is 0 Å². The van der Waals surface area contributed by atoms with Gasteiger partial charge in [0.2, 0.25) is 0 Å². The van der Waals surface area contributed by atoms with Gasteiger partial charge in [0.05, 0.1) is 0 Å². The highest BCUT2D eigenvalue weighted by Crippen LogP contribution is 2.21. The molecule has 3 nitrogen and oxygen atoms in total. The molecule has 0 aliphatic carbocycles. The van der Waals surface area contributed by atoms with Crippen LogP contribution in [0, 0.1) is 17.1 Å². The topological polar surface area (TPSA) is 49.6 Å². The average Bonchev–Trinajstić information content (AvgIpc) is 2.39. The fourth-order valence-corrected chi connectivity index (χ4v) is 1.59. The van der Waals surface area contributed by atoms with Crippen LogP contribution >= 0.6 is 0 Å². The molecular weight excluding hydrogens is 229 g/mol. The summed E-state index contributed by atoms with van der Waals surface area (Å²) in [6, 6.07) is 8.12. The van der Waals surface area contributed by atoms with Crippen LogP contribution in [0.3, 0.4) is 0 Å². The van der Waals surface area contributed by atoms with Crippen molar-refractivity contribution in [2.75, 3.05) is 0 Å². The van der Waals surface area contributed by atoms with E-state index in [1.54, 1.807) is 12.3 Å². The molecule has 0 bridgehead atoms. The predicted molar refractivity (Wildman–Crippen MR) is 66.2 cm³/mol. The molecule has 0 atom stereocenters. The maximum atomic E-state index is 13.7. The monoisotopic (exact) mass is 241 g/mol. The van der Waals surface area contributed by atoms with E-state index in [1.165, 1.54) is 12.1 Å². The maximum absolute atomic E-state index is 13.7. The Balaban J connectivity index is 2.45. The molecule has 0 fully saturated rings. The first kappa shape index (κ1) is 12.2. The lowest BCUT2D eigenvalue weighted by molar-refractivity contribution is 0.625. The SMILES string of the molecule is CC(C)c1ccc(-c2nc(C#N)ccc2F)cn1. The molecule has 0 unspecified atom stereocenters. The highest BCUT2D eigenvalue weighted by atomic mass is 19.1. The van der Waals surface area contributed by atoms with Crippen LogP contribution in [0.5, 0.6) is 0 Å². The lowest BCUT2D eigenvalue weighted by atomic mass is 10.1. The molecule has 0 amide bonds. The Labute approximate surface area is 105 Å². The van der Waals surface area contributed by atoms with E-state index in [-0.39, 0.29) is 11.4 Å². The molecule has 0 aliphatic heterocycles. The smallest absolute Gasteiger partial charge is 0.149 e. The second-order valence-corrected chi connectivity index (χ2v) is 4.27. The van der Waals surface area contributed by atoms with Crippen molar-refractivity contribution in [2.24, 2.45) is 0 Å². The van der Waals surface area contributed by atoms with Crippen LogP contribution in [0.25, 0.3) is 11.3 Å². The molecule has 0 spiro atoms. The number of hydrogen-bond acceptors (Lipinski definition) is 3. The van der Waals surface area contributed by atoms with Gasteiger partial charge >= 0.3 is 0 Å². The third-order valence-corrected chi connectivity index (χ3v) is 2.61. The number of halogens is 1. The molecular formula is C14H12FN3. The van der Waals surface area contributed by atoms with Gasteiger partial charge in [-0.2, -0.15) is 5.26 Å². The number of aromatic nitrogens is 2. The van der Waals surface area contributed by atoms with Crippen LogP contribution in [-0.2, 0) is 0 Å². The maximum Gasteiger partial charge on any atom is 0.149 e. The average molecular weight is 241 g/mol. The van der Waals surface area contributed by atoms with Crippen LogP contribution in [0.15, 0.2) is 30.5 Å². The van der Waals surface area contributed by atoms with Crippen molar-refractivity contribution >= 4 is 0 Å². The highest BCUT2D eigenvalue weighted by Gasteiger charge is 2.09. The summed E-state index contributed by atoms with van der Waals surface area (Å²) in [4.78, 5) is 8.22. The highest BCUT2D eigenvalue weighted by molar-refractivity contribution is 5.59. The normalized spacial score (nSPS) is 10.4. The number of hydrogen-bond donors (Lipinski definition) is 0. The molecule has 90 valence electrons. The van der Waals surface area contributed by atoms with Gasteiger partial charge in [0.25, 0.3) is 0 Å². The molecule has 0 aromatic carbocycles. The van der Waals surface area contributed by atoms with Crippen molar-refractivity contribution in [1.29, 1.82) is 5.26 Å². The summed E-state index contributed by atoms with van der Waals surface area (Å²) in [5.41, 5.74) is 1.88. The Hall–Kier alpha value is -2.28. The van der Waals surface area contributed by atoms with Gasteiger partial charge < -0.3 is 0 Å². The molecule has 18 heavy (non-hydrogen) atoms. The van der Waals surface area contributed by atoms with Crippen LogP contribution in [0.2, 0.25) is 0 Å². The van der Waals surface area contributed by atoms with E-state index in [2.05, 4.69) is 9.97 Å². The van der Waals surface area contributed by atoms with E-state index in [0.29, 0.717) is 11.5 Å². The summed E-state index contributed by atoms with van der Waals surface area (Å²) in [5.74, 6) is -0.129. The first-order chi connectivity index (χ1) is 8.61. The predicted octanol–water partition coefficient (Wildman–Crippen LogP) is 3.28. The van der Waals surface area contributed by atoms with E-state index in [0.717, 1.165) is 5.69 Å². The van der Waals surface area contributed by atoms with Gasteiger partial charge in [-0.3, -0.25) is 4.98 Å². The third kappa shape index (κ3) is 2.35. The second kappa shape index (κ2) is 4.92. The molecule has 2 heterocycles. The van der Waals surface area contributed by atoms with Gasteiger partial charge in [-0.1, -0.05) is 13.8 Å². The summed E-state index contributed by atoms with van der Waals surface area (Å²) in [6.45, 7) is 4.08. The Morgan fingerprint density at radius 3 is 2.56 bits per heavy atom. The summed E-state index contributed by atoms with van der Waals surface area (Å²) < 4.78 is 13.7. The fraction of sp³-hybridized carbons (Fsp3) is 0.214. The zero-order chi connectivity index (χ0) is 13.1. The first-order valence-corrected chi connectivity index (χ1v) is 5.65. The Morgan fingerprint density at radius 2 is 2.00 bits per heavy atom. The van der Waals surface area contributed by atoms with Crippen molar-refractivity contribution in [3.8, 4) is 17.3 Å². The van der Waals surface area contributed by atoms with Crippen molar-refractivity contribution in [2.45, 2.75) is 19.8 Å². The summed E-state index contributed by atoms with van der Waals surface area (Å²) in [6.07, 6.45) is 1.59. The van der Waals surface area contributed by atoms with Crippen LogP contribution in [0.1, 0.15) is 31.2 Å². The number of nitriles is 1. The van der Waals surface area contributed by atoms with Gasteiger partial charge in [-0.15, -0.1) is 0 Å². The van der Waals surface area contributed by atoms with Crippen LogP contribution in [-0.4, -0.2) is 9.97 Å². The van der Waals surface area contributed by atoms with Crippen LogP contribution in [0.4, 0.5) is 4.39 Å². The van der Waals surface area contributed by atoms with E-state index >= 15 is 0 Å². The minimum Gasteiger partial charge on any atom is -0.260 e. The second-order valence-electron chi connectivity index (χ2n) is 4.27. The largest absolute Gasteiger partial charge is 0.260 e. The molecule has 0 saturated carbocycles. The zero-order valence-corrected chi connectivity index (χ0v) is 10.2. The van der Waals surface area contributed by atoms with Crippen molar-refractivity contribution in [1.82, 2.24) is 9.97 Å². The van der Waals surface area contributed by atoms with Gasteiger partial charge in [0, 0.05) is 17.5 Å². The standard InChI is InChI=1S/C14H12FN3/c1-9(2)13-6-3-10(8-17-13)14-12(15)5-4-11(7-16)18-14/h3-6,8-9H,1-2H3. The summed E-state index contributed by atoms with van der Waals surface area (Å²) in [5, 5.41) is 8.77. The lowest BCUT2D eigenvalue weighted by Gasteiger charge is -2.06. The van der Waals surface area contributed by atoms with Crippen molar-refractivity contribution < 1.29 is 4.39 Å². The van der Waals surface area contributed by atoms with E-state index < -0.39 is 5.82 Å².